The van der Waals surface area contributed by atoms with E-state index in [9.17, 15) is 9.35 Å². The zero-order valence-electron chi connectivity index (χ0n) is 18.8. The Morgan fingerprint density at radius 3 is 2.41 bits per heavy atom. The van der Waals surface area contributed by atoms with Crippen molar-refractivity contribution in [2.45, 2.75) is 83.6 Å². The average molecular weight is 422 g/mol. The maximum absolute atomic E-state index is 13.1. The van der Waals surface area contributed by atoms with Crippen molar-refractivity contribution in [2.24, 2.45) is 5.41 Å². The first-order valence-electron chi connectivity index (χ1n) is 10.4. The normalized spacial score (nSPS) is 25.0. The van der Waals surface area contributed by atoms with E-state index in [4.69, 9.17) is 4.74 Å². The monoisotopic (exact) mass is 421 g/mol. The molecule has 29 heavy (non-hydrogen) atoms. The van der Waals surface area contributed by atoms with Gasteiger partial charge in [0, 0.05) is 41.8 Å². The molecule has 1 unspecified atom stereocenters. The van der Waals surface area contributed by atoms with Gasteiger partial charge in [-0.25, -0.2) is 4.79 Å². The fourth-order valence-electron chi connectivity index (χ4n) is 4.44. The highest BCUT2D eigenvalue weighted by atomic mass is 32.2. The second-order valence-corrected chi connectivity index (χ2v) is 12.5. The molecule has 0 aromatic carbocycles. The summed E-state index contributed by atoms with van der Waals surface area (Å²) in [5.41, 5.74) is 1.10. The van der Waals surface area contributed by atoms with Crippen molar-refractivity contribution in [3.8, 4) is 0 Å². The second kappa shape index (κ2) is 7.43. The quantitative estimate of drug-likeness (QED) is 0.732. The minimum Gasteiger partial charge on any atom is -0.598 e. The highest BCUT2D eigenvalue weighted by molar-refractivity contribution is 7.90. The van der Waals surface area contributed by atoms with Gasteiger partial charge >= 0.3 is 6.09 Å². The van der Waals surface area contributed by atoms with Crippen molar-refractivity contribution < 1.29 is 14.1 Å². The number of likely N-dealkylation sites (tertiary alicyclic amines) is 1. The average Bonchev–Trinajstić information content (AvgIpc) is 2.82. The summed E-state index contributed by atoms with van der Waals surface area (Å²) in [4.78, 5) is 19.0. The van der Waals surface area contributed by atoms with Crippen LogP contribution in [0.4, 0.5) is 4.79 Å². The first kappa shape index (κ1) is 22.4. The standard InChI is InChI=1S/C22H35N3O3S/c1-19(2,3)28-18(26)25-13-10-22(11-14-25)15-17-16(9-8-12-23-17)21(22,7)24-29(27)20(4,5)6/h8-9,12,24H,10-11,13-15H2,1-7H3/t21?,29-/m0/s1. The summed E-state index contributed by atoms with van der Waals surface area (Å²) in [6.45, 7) is 15.0. The lowest BCUT2D eigenvalue weighted by Crippen LogP contribution is -2.60. The zero-order valence-corrected chi connectivity index (χ0v) is 19.6. The van der Waals surface area contributed by atoms with Crippen LogP contribution in [0.25, 0.3) is 0 Å². The van der Waals surface area contributed by atoms with E-state index in [0.29, 0.717) is 13.1 Å². The fraction of sp³-hybridized carbons (Fsp3) is 0.727. The van der Waals surface area contributed by atoms with Gasteiger partial charge in [-0.05, 0) is 79.4 Å². The van der Waals surface area contributed by atoms with Gasteiger partial charge in [0.05, 0.1) is 5.54 Å². The number of carbonyl (C=O) groups is 1. The Morgan fingerprint density at radius 1 is 1.24 bits per heavy atom. The molecule has 2 heterocycles. The van der Waals surface area contributed by atoms with Crippen LogP contribution in [-0.4, -0.2) is 44.0 Å². The molecule has 2 aliphatic rings. The highest BCUT2D eigenvalue weighted by Crippen LogP contribution is 2.55. The van der Waals surface area contributed by atoms with Gasteiger partial charge in [0.15, 0.2) is 0 Å². The molecule has 1 aromatic rings. The number of hydrogen-bond donors (Lipinski definition) is 1. The number of amides is 1. The van der Waals surface area contributed by atoms with E-state index in [1.807, 2.05) is 53.8 Å². The van der Waals surface area contributed by atoms with Crippen molar-refractivity contribution >= 4 is 17.5 Å². The van der Waals surface area contributed by atoms with Crippen LogP contribution < -0.4 is 4.72 Å². The third-order valence-corrected chi connectivity index (χ3v) is 7.93. The van der Waals surface area contributed by atoms with E-state index in [2.05, 4.69) is 22.7 Å². The number of aromatic nitrogens is 1. The van der Waals surface area contributed by atoms with Gasteiger partial charge in [-0.2, -0.15) is 0 Å². The molecule has 1 spiro atoms. The van der Waals surface area contributed by atoms with E-state index in [1.54, 1.807) is 4.90 Å². The Bertz CT molecular complexity index is 763. The Balaban J connectivity index is 1.86. The molecule has 0 saturated carbocycles. The lowest BCUT2D eigenvalue weighted by atomic mass is 9.65. The zero-order chi connectivity index (χ0) is 21.7. The number of pyridine rings is 1. The number of nitrogens with zero attached hydrogens (tertiary/aromatic N) is 2. The molecule has 1 amide bonds. The molecule has 7 heteroatoms. The van der Waals surface area contributed by atoms with Gasteiger partial charge in [-0.15, -0.1) is 4.72 Å². The molecule has 2 atom stereocenters. The van der Waals surface area contributed by atoms with Crippen molar-refractivity contribution in [2.75, 3.05) is 13.1 Å². The molecular weight excluding hydrogens is 386 g/mol. The lowest BCUT2D eigenvalue weighted by Gasteiger charge is -2.49. The fourth-order valence-corrected chi connectivity index (χ4v) is 5.44. The molecule has 1 N–H and O–H groups in total. The molecular formula is C22H35N3O3S. The Kier molecular flexibility index (Phi) is 5.73. The summed E-state index contributed by atoms with van der Waals surface area (Å²) in [5, 5.41) is 0. The van der Waals surface area contributed by atoms with Crippen LogP contribution in [-0.2, 0) is 28.1 Å². The molecule has 3 rings (SSSR count). The number of rotatable bonds is 2. The van der Waals surface area contributed by atoms with Gasteiger partial charge < -0.3 is 14.2 Å². The first-order valence-corrected chi connectivity index (χ1v) is 11.5. The van der Waals surface area contributed by atoms with E-state index in [1.165, 1.54) is 0 Å². The Hall–Kier alpha value is -1.31. The summed E-state index contributed by atoms with van der Waals surface area (Å²) < 4.78 is 21.8. The molecule has 1 aromatic heterocycles. The molecule has 1 saturated heterocycles. The third kappa shape index (κ3) is 4.28. The van der Waals surface area contributed by atoms with Crippen molar-refractivity contribution in [1.29, 1.82) is 0 Å². The minimum atomic E-state index is -1.22. The van der Waals surface area contributed by atoms with Crippen LogP contribution in [0.3, 0.4) is 0 Å². The molecule has 0 bridgehead atoms. The smallest absolute Gasteiger partial charge is 0.410 e. The van der Waals surface area contributed by atoms with E-state index < -0.39 is 22.5 Å². The summed E-state index contributed by atoms with van der Waals surface area (Å²) in [6, 6.07) is 4.05. The molecule has 0 radical (unpaired) electrons. The van der Waals surface area contributed by atoms with Gasteiger partial charge in [0.25, 0.3) is 0 Å². The van der Waals surface area contributed by atoms with Crippen LogP contribution in [0.5, 0.6) is 0 Å². The van der Waals surface area contributed by atoms with Crippen molar-refractivity contribution in [1.82, 2.24) is 14.6 Å². The number of nitrogens with one attached hydrogen (secondary N) is 1. The second-order valence-electron chi connectivity index (χ2n) is 10.5. The number of hydrogen-bond acceptors (Lipinski definition) is 5. The van der Waals surface area contributed by atoms with Crippen LogP contribution >= 0.6 is 0 Å². The predicted octanol–water partition coefficient (Wildman–Crippen LogP) is 3.92. The van der Waals surface area contributed by atoms with Crippen molar-refractivity contribution in [3.63, 3.8) is 0 Å². The predicted molar refractivity (Wildman–Crippen MR) is 116 cm³/mol. The molecule has 1 aliphatic heterocycles. The van der Waals surface area contributed by atoms with E-state index in [0.717, 1.165) is 30.5 Å². The van der Waals surface area contributed by atoms with Gasteiger partial charge in [0.2, 0.25) is 0 Å². The van der Waals surface area contributed by atoms with Crippen LogP contribution in [0, 0.1) is 5.41 Å². The lowest BCUT2D eigenvalue weighted by molar-refractivity contribution is -0.00332. The highest BCUT2D eigenvalue weighted by Gasteiger charge is 2.59. The van der Waals surface area contributed by atoms with Crippen LogP contribution in [0.1, 0.15) is 72.6 Å². The number of carbonyl (C=O) groups excluding carboxylic acids is 1. The molecule has 1 aliphatic carbocycles. The summed E-state index contributed by atoms with van der Waals surface area (Å²) >= 11 is -1.22. The Morgan fingerprint density at radius 2 is 1.86 bits per heavy atom. The van der Waals surface area contributed by atoms with Gasteiger partial charge in [0.1, 0.15) is 10.3 Å². The van der Waals surface area contributed by atoms with Crippen molar-refractivity contribution in [3.05, 3.63) is 29.6 Å². The molecule has 162 valence electrons. The van der Waals surface area contributed by atoms with Crippen LogP contribution in [0.2, 0.25) is 0 Å². The number of ether oxygens (including phenoxy) is 1. The SMILES string of the molecule is CC(C)(C)OC(=O)N1CCC2(CC1)Cc1ncccc1C2(C)N[S@@+]([O-])C(C)(C)C. The number of fused-ring (bicyclic) bond motifs is 1. The number of piperidine rings is 1. The van der Waals surface area contributed by atoms with Gasteiger partial charge in [-0.1, -0.05) is 6.07 Å². The van der Waals surface area contributed by atoms with E-state index >= 15 is 0 Å². The van der Waals surface area contributed by atoms with Crippen LogP contribution in [0.15, 0.2) is 18.3 Å². The summed E-state index contributed by atoms with van der Waals surface area (Å²) in [6.07, 6.45) is 4.03. The first-order chi connectivity index (χ1) is 13.3. The molecule has 1 fully saturated rings. The largest absolute Gasteiger partial charge is 0.598 e. The van der Waals surface area contributed by atoms with E-state index in [-0.39, 0.29) is 16.3 Å². The summed E-state index contributed by atoms with van der Waals surface area (Å²) in [7, 11) is 0. The summed E-state index contributed by atoms with van der Waals surface area (Å²) in [5.74, 6) is 0. The third-order valence-electron chi connectivity index (χ3n) is 6.22. The Labute approximate surface area is 178 Å². The topological polar surface area (TPSA) is 77.5 Å². The molecule has 6 nitrogen and oxygen atoms in total. The minimum absolute atomic E-state index is 0.136. The maximum Gasteiger partial charge on any atom is 0.410 e. The maximum atomic E-state index is 13.1. The van der Waals surface area contributed by atoms with Gasteiger partial charge in [-0.3, -0.25) is 4.98 Å².